The summed E-state index contributed by atoms with van der Waals surface area (Å²) in [6.07, 6.45) is 3.96. The van der Waals surface area contributed by atoms with Crippen LogP contribution in [-0.4, -0.2) is 29.2 Å². The minimum Gasteiger partial charge on any atom is -0.381 e. The van der Waals surface area contributed by atoms with E-state index in [1.54, 1.807) is 11.3 Å². The third-order valence-electron chi connectivity index (χ3n) is 2.95. The Balaban J connectivity index is 1.79. The van der Waals surface area contributed by atoms with Crippen LogP contribution in [0.4, 0.5) is 5.95 Å². The molecule has 0 aromatic carbocycles. The summed E-state index contributed by atoms with van der Waals surface area (Å²) in [6, 6.07) is 2.57. The molecular formula is C12H15N3OS. The number of nitrogens with one attached hydrogen (secondary N) is 1. The number of hydrogen-bond donors (Lipinski definition) is 1. The molecule has 1 saturated heterocycles. The van der Waals surface area contributed by atoms with E-state index in [9.17, 15) is 0 Å². The Bertz CT molecular complexity index is 519. The zero-order valence-corrected chi connectivity index (χ0v) is 10.6. The third kappa shape index (κ3) is 2.40. The molecule has 1 aliphatic heterocycles. The minimum absolute atomic E-state index is 0.447. The van der Waals surface area contributed by atoms with Crippen molar-refractivity contribution in [2.24, 2.45) is 0 Å². The number of anilines is 1. The number of rotatable bonds is 2. The van der Waals surface area contributed by atoms with Gasteiger partial charge in [-0.25, -0.2) is 9.97 Å². The molecule has 17 heavy (non-hydrogen) atoms. The SMILES string of the molecule is Cc1cc2cnc(NC3CCOCC3)nc2s1. The van der Waals surface area contributed by atoms with E-state index in [0.29, 0.717) is 6.04 Å². The number of hydrogen-bond acceptors (Lipinski definition) is 5. The molecule has 0 saturated carbocycles. The number of thiophene rings is 1. The van der Waals surface area contributed by atoms with Gasteiger partial charge in [-0.2, -0.15) is 0 Å². The average molecular weight is 249 g/mol. The topological polar surface area (TPSA) is 47.0 Å². The van der Waals surface area contributed by atoms with Crippen molar-refractivity contribution in [1.82, 2.24) is 9.97 Å². The summed E-state index contributed by atoms with van der Waals surface area (Å²) in [5.41, 5.74) is 0. The van der Waals surface area contributed by atoms with E-state index in [1.807, 2.05) is 6.20 Å². The van der Waals surface area contributed by atoms with Crippen molar-refractivity contribution in [3.63, 3.8) is 0 Å². The molecule has 0 aliphatic carbocycles. The number of nitrogens with zero attached hydrogens (tertiary/aromatic N) is 2. The van der Waals surface area contributed by atoms with Gasteiger partial charge in [0, 0.05) is 35.7 Å². The maximum absolute atomic E-state index is 5.33. The first-order valence-electron chi connectivity index (χ1n) is 5.89. The Morgan fingerprint density at radius 3 is 3.06 bits per heavy atom. The Kier molecular flexibility index (Phi) is 2.94. The molecule has 0 amide bonds. The van der Waals surface area contributed by atoms with Crippen molar-refractivity contribution in [3.05, 3.63) is 17.1 Å². The van der Waals surface area contributed by atoms with Crippen LogP contribution in [-0.2, 0) is 4.74 Å². The van der Waals surface area contributed by atoms with Crippen LogP contribution in [0.5, 0.6) is 0 Å². The minimum atomic E-state index is 0.447. The van der Waals surface area contributed by atoms with Crippen molar-refractivity contribution >= 4 is 27.5 Å². The summed E-state index contributed by atoms with van der Waals surface area (Å²) in [6.45, 7) is 3.76. The average Bonchev–Trinajstić information content (AvgIpc) is 2.70. The molecule has 0 spiro atoms. The maximum atomic E-state index is 5.33. The lowest BCUT2D eigenvalue weighted by Crippen LogP contribution is -2.28. The van der Waals surface area contributed by atoms with E-state index in [2.05, 4.69) is 28.3 Å². The van der Waals surface area contributed by atoms with Crippen molar-refractivity contribution in [2.45, 2.75) is 25.8 Å². The van der Waals surface area contributed by atoms with Crippen LogP contribution in [0.3, 0.4) is 0 Å². The van der Waals surface area contributed by atoms with Gasteiger partial charge in [-0.1, -0.05) is 0 Å². The molecule has 1 aliphatic rings. The third-order valence-corrected chi connectivity index (χ3v) is 3.91. The predicted molar refractivity (Wildman–Crippen MR) is 69.6 cm³/mol. The lowest BCUT2D eigenvalue weighted by Gasteiger charge is -2.22. The Labute approximate surface area is 104 Å². The molecule has 0 bridgehead atoms. The molecule has 4 nitrogen and oxygen atoms in total. The first-order valence-corrected chi connectivity index (χ1v) is 6.70. The van der Waals surface area contributed by atoms with Gasteiger partial charge >= 0.3 is 0 Å². The summed E-state index contributed by atoms with van der Waals surface area (Å²) < 4.78 is 5.33. The Hall–Kier alpha value is -1.20. The second kappa shape index (κ2) is 4.58. The summed E-state index contributed by atoms with van der Waals surface area (Å²) in [5.74, 6) is 0.742. The second-order valence-electron chi connectivity index (χ2n) is 4.34. The standard InChI is InChI=1S/C12H15N3OS/c1-8-6-9-7-13-12(15-11(9)17-8)14-10-2-4-16-5-3-10/h6-7,10H,2-5H2,1H3,(H,13,14,15). The van der Waals surface area contributed by atoms with Crippen molar-refractivity contribution in [3.8, 4) is 0 Å². The second-order valence-corrected chi connectivity index (χ2v) is 5.58. The van der Waals surface area contributed by atoms with Crippen LogP contribution in [0.2, 0.25) is 0 Å². The molecule has 0 radical (unpaired) electrons. The van der Waals surface area contributed by atoms with Gasteiger partial charge in [-0.05, 0) is 25.8 Å². The summed E-state index contributed by atoms with van der Waals surface area (Å²) in [4.78, 5) is 11.2. The van der Waals surface area contributed by atoms with Crippen LogP contribution in [0.1, 0.15) is 17.7 Å². The molecule has 0 atom stereocenters. The molecule has 0 unspecified atom stereocenters. The zero-order chi connectivity index (χ0) is 11.7. The van der Waals surface area contributed by atoms with Gasteiger partial charge in [0.2, 0.25) is 5.95 Å². The molecule has 3 heterocycles. The van der Waals surface area contributed by atoms with E-state index in [0.717, 1.165) is 42.2 Å². The maximum Gasteiger partial charge on any atom is 0.224 e. The van der Waals surface area contributed by atoms with Crippen LogP contribution in [0.25, 0.3) is 10.2 Å². The lowest BCUT2D eigenvalue weighted by molar-refractivity contribution is 0.0903. The van der Waals surface area contributed by atoms with E-state index in [1.165, 1.54) is 4.88 Å². The van der Waals surface area contributed by atoms with Crippen LogP contribution < -0.4 is 5.32 Å². The summed E-state index contributed by atoms with van der Waals surface area (Å²) in [5, 5.41) is 4.52. The highest BCUT2D eigenvalue weighted by atomic mass is 32.1. The quantitative estimate of drug-likeness (QED) is 0.888. The fourth-order valence-corrected chi connectivity index (χ4v) is 2.90. The molecule has 1 N–H and O–H groups in total. The Morgan fingerprint density at radius 1 is 1.41 bits per heavy atom. The number of fused-ring (bicyclic) bond motifs is 1. The van der Waals surface area contributed by atoms with Crippen molar-refractivity contribution in [1.29, 1.82) is 0 Å². The first kappa shape index (κ1) is 10.9. The lowest BCUT2D eigenvalue weighted by atomic mass is 10.1. The Morgan fingerprint density at radius 2 is 2.24 bits per heavy atom. The zero-order valence-electron chi connectivity index (χ0n) is 9.77. The summed E-state index contributed by atoms with van der Waals surface area (Å²) in [7, 11) is 0. The molecule has 3 rings (SSSR count). The molecule has 1 fully saturated rings. The van der Waals surface area contributed by atoms with Crippen LogP contribution in [0, 0.1) is 6.92 Å². The van der Waals surface area contributed by atoms with Gasteiger partial charge < -0.3 is 10.1 Å². The van der Waals surface area contributed by atoms with Crippen LogP contribution in [0.15, 0.2) is 12.3 Å². The number of aromatic nitrogens is 2. The molecule has 2 aromatic rings. The predicted octanol–water partition coefficient (Wildman–Crippen LogP) is 2.59. The highest BCUT2D eigenvalue weighted by Gasteiger charge is 2.14. The molecule has 90 valence electrons. The van der Waals surface area contributed by atoms with E-state index in [4.69, 9.17) is 4.74 Å². The van der Waals surface area contributed by atoms with Gasteiger partial charge in [0.1, 0.15) is 4.83 Å². The van der Waals surface area contributed by atoms with Gasteiger partial charge in [0.05, 0.1) is 0 Å². The van der Waals surface area contributed by atoms with E-state index in [-0.39, 0.29) is 0 Å². The van der Waals surface area contributed by atoms with Gasteiger partial charge in [-0.3, -0.25) is 0 Å². The fourth-order valence-electron chi connectivity index (χ4n) is 2.05. The van der Waals surface area contributed by atoms with Crippen LogP contribution >= 0.6 is 11.3 Å². The fraction of sp³-hybridized carbons (Fsp3) is 0.500. The first-order chi connectivity index (χ1) is 8.31. The highest BCUT2D eigenvalue weighted by molar-refractivity contribution is 7.18. The highest BCUT2D eigenvalue weighted by Crippen LogP contribution is 2.23. The van der Waals surface area contributed by atoms with Crippen molar-refractivity contribution < 1.29 is 4.74 Å². The van der Waals surface area contributed by atoms with Gasteiger partial charge in [-0.15, -0.1) is 11.3 Å². The van der Waals surface area contributed by atoms with Crippen molar-refractivity contribution in [2.75, 3.05) is 18.5 Å². The van der Waals surface area contributed by atoms with Gasteiger partial charge in [0.25, 0.3) is 0 Å². The monoisotopic (exact) mass is 249 g/mol. The number of aryl methyl sites for hydroxylation is 1. The van der Waals surface area contributed by atoms with E-state index < -0.39 is 0 Å². The number of ether oxygens (including phenoxy) is 1. The normalized spacial score (nSPS) is 17.5. The molecule has 5 heteroatoms. The smallest absolute Gasteiger partial charge is 0.224 e. The molecule has 2 aromatic heterocycles. The molecular weight excluding hydrogens is 234 g/mol. The van der Waals surface area contributed by atoms with E-state index >= 15 is 0 Å². The summed E-state index contributed by atoms with van der Waals surface area (Å²) >= 11 is 1.71. The largest absolute Gasteiger partial charge is 0.381 e. The van der Waals surface area contributed by atoms with Gasteiger partial charge in [0.15, 0.2) is 0 Å².